The maximum Gasteiger partial charge on any atom is 0.409 e. The highest BCUT2D eigenvalue weighted by Crippen LogP contribution is 2.29. The number of benzene rings is 2. The van der Waals surface area contributed by atoms with E-state index < -0.39 is 0 Å². The molecule has 2 aromatic carbocycles. The number of carbonyl (C=O) groups excluding carboxylic acids is 2. The van der Waals surface area contributed by atoms with E-state index in [0.29, 0.717) is 38.3 Å². The van der Waals surface area contributed by atoms with E-state index >= 15 is 0 Å². The van der Waals surface area contributed by atoms with Gasteiger partial charge in [0.15, 0.2) is 0 Å². The van der Waals surface area contributed by atoms with Crippen molar-refractivity contribution in [2.24, 2.45) is 0 Å². The van der Waals surface area contributed by atoms with E-state index in [4.69, 9.17) is 9.72 Å². The fourth-order valence-corrected chi connectivity index (χ4v) is 4.09. The van der Waals surface area contributed by atoms with Gasteiger partial charge in [-0.15, -0.1) is 0 Å². The lowest BCUT2D eigenvalue weighted by molar-refractivity contribution is 0.0572. The van der Waals surface area contributed by atoms with Crippen molar-refractivity contribution in [1.29, 1.82) is 0 Å². The zero-order chi connectivity index (χ0) is 22.8. The Morgan fingerprint density at radius 3 is 2.31 bits per heavy atom. The van der Waals surface area contributed by atoms with Crippen LogP contribution in [0.25, 0.3) is 22.2 Å². The summed E-state index contributed by atoms with van der Waals surface area (Å²) >= 11 is 0. The van der Waals surface area contributed by atoms with Crippen molar-refractivity contribution in [2.45, 2.75) is 27.7 Å². The molecule has 2 amide bonds. The van der Waals surface area contributed by atoms with Gasteiger partial charge < -0.3 is 14.5 Å². The average molecular weight is 432 g/mol. The number of rotatable bonds is 3. The van der Waals surface area contributed by atoms with Crippen molar-refractivity contribution in [2.75, 3.05) is 32.8 Å². The fourth-order valence-electron chi connectivity index (χ4n) is 4.09. The molecular weight excluding hydrogens is 402 g/mol. The number of para-hydroxylation sites is 1. The molecule has 1 aromatic heterocycles. The molecule has 2 heterocycles. The smallest absolute Gasteiger partial charge is 0.409 e. The van der Waals surface area contributed by atoms with Crippen molar-refractivity contribution in [3.05, 3.63) is 64.7 Å². The molecule has 0 atom stereocenters. The van der Waals surface area contributed by atoms with Gasteiger partial charge in [-0.3, -0.25) is 4.79 Å². The lowest BCUT2D eigenvalue weighted by atomic mass is 9.99. The third kappa shape index (κ3) is 4.17. The van der Waals surface area contributed by atoms with Gasteiger partial charge in [0, 0.05) is 37.1 Å². The van der Waals surface area contributed by atoms with Gasteiger partial charge in [0.2, 0.25) is 0 Å². The number of nitrogens with zero attached hydrogens (tertiary/aromatic N) is 3. The van der Waals surface area contributed by atoms with E-state index in [1.165, 1.54) is 11.1 Å². The Hall–Kier alpha value is -3.41. The number of pyridine rings is 1. The van der Waals surface area contributed by atoms with Crippen molar-refractivity contribution in [3.63, 3.8) is 0 Å². The van der Waals surface area contributed by atoms with Crippen LogP contribution in [0.2, 0.25) is 0 Å². The van der Waals surface area contributed by atoms with Gasteiger partial charge in [-0.2, -0.15) is 0 Å². The highest BCUT2D eigenvalue weighted by Gasteiger charge is 2.27. The Balaban J connectivity index is 1.70. The van der Waals surface area contributed by atoms with Crippen molar-refractivity contribution in [1.82, 2.24) is 14.8 Å². The third-order valence-electron chi connectivity index (χ3n) is 6.17. The molecule has 0 saturated carbocycles. The lowest BCUT2D eigenvalue weighted by Crippen LogP contribution is -2.50. The predicted molar refractivity (Wildman–Crippen MR) is 126 cm³/mol. The number of hydrogen-bond donors (Lipinski definition) is 0. The van der Waals surface area contributed by atoms with Crippen LogP contribution in [0.15, 0.2) is 42.5 Å². The molecule has 0 N–H and O–H groups in total. The summed E-state index contributed by atoms with van der Waals surface area (Å²) in [4.78, 5) is 34.0. The molecule has 1 saturated heterocycles. The zero-order valence-corrected chi connectivity index (χ0v) is 19.1. The number of hydrogen-bond acceptors (Lipinski definition) is 4. The molecule has 1 aliphatic rings. The minimum atomic E-state index is -0.318. The van der Waals surface area contributed by atoms with Crippen LogP contribution in [0.4, 0.5) is 4.79 Å². The van der Waals surface area contributed by atoms with Crippen LogP contribution in [0.3, 0.4) is 0 Å². The monoisotopic (exact) mass is 431 g/mol. The fraction of sp³-hybridized carbons (Fsp3) is 0.346. The Morgan fingerprint density at radius 2 is 1.62 bits per heavy atom. The maximum absolute atomic E-state index is 13.6. The molecule has 166 valence electrons. The first-order valence-corrected chi connectivity index (χ1v) is 11.1. The normalized spacial score (nSPS) is 14.0. The molecular formula is C26H29N3O3. The number of aromatic nitrogens is 1. The quantitative estimate of drug-likeness (QED) is 0.601. The molecule has 0 aliphatic carbocycles. The Morgan fingerprint density at radius 1 is 0.906 bits per heavy atom. The Kier molecular flexibility index (Phi) is 6.12. The zero-order valence-electron chi connectivity index (χ0n) is 19.1. The first kappa shape index (κ1) is 21.8. The minimum absolute atomic E-state index is 0.0309. The average Bonchev–Trinajstić information content (AvgIpc) is 2.80. The van der Waals surface area contributed by atoms with Crippen LogP contribution in [0, 0.1) is 20.8 Å². The van der Waals surface area contributed by atoms with Crippen LogP contribution < -0.4 is 0 Å². The van der Waals surface area contributed by atoms with Crippen molar-refractivity contribution < 1.29 is 14.3 Å². The number of fused-ring (bicyclic) bond motifs is 1. The first-order valence-electron chi connectivity index (χ1n) is 11.1. The van der Waals surface area contributed by atoms with E-state index in [-0.39, 0.29) is 12.0 Å². The second kappa shape index (κ2) is 8.99. The molecule has 32 heavy (non-hydrogen) atoms. The summed E-state index contributed by atoms with van der Waals surface area (Å²) in [6.45, 7) is 10.2. The molecule has 3 aromatic rings. The highest BCUT2D eigenvalue weighted by atomic mass is 16.6. The number of piperazine rings is 1. The number of aryl methyl sites for hydroxylation is 3. The molecule has 6 heteroatoms. The van der Waals surface area contributed by atoms with Gasteiger partial charge in [-0.25, -0.2) is 9.78 Å². The van der Waals surface area contributed by atoms with Crippen molar-refractivity contribution >= 4 is 22.9 Å². The summed E-state index contributed by atoms with van der Waals surface area (Å²) in [7, 11) is 0. The van der Waals surface area contributed by atoms with E-state index in [0.717, 1.165) is 27.7 Å². The predicted octanol–water partition coefficient (Wildman–Crippen LogP) is 4.74. The summed E-state index contributed by atoms with van der Waals surface area (Å²) < 4.78 is 5.09. The molecule has 0 spiro atoms. The topological polar surface area (TPSA) is 62.7 Å². The van der Waals surface area contributed by atoms with Gasteiger partial charge in [0.1, 0.15) is 0 Å². The van der Waals surface area contributed by atoms with E-state index in [1.807, 2.05) is 36.1 Å². The van der Waals surface area contributed by atoms with Crippen molar-refractivity contribution in [3.8, 4) is 11.3 Å². The molecule has 4 rings (SSSR count). The summed E-state index contributed by atoms with van der Waals surface area (Å²) in [5, 5.41) is 0.857. The molecule has 0 bridgehead atoms. The SMILES string of the molecule is CCOC(=O)N1CCN(C(=O)c2cc(-c3ccc(C)c(C)c3)nc3c(C)cccc23)CC1. The maximum atomic E-state index is 13.6. The molecule has 0 radical (unpaired) electrons. The van der Waals surface area contributed by atoms with Gasteiger partial charge in [0.05, 0.1) is 23.4 Å². The van der Waals surface area contributed by atoms with Crippen LogP contribution in [-0.4, -0.2) is 59.6 Å². The number of carbonyl (C=O) groups is 2. The Bertz CT molecular complexity index is 1180. The number of ether oxygens (including phenoxy) is 1. The van der Waals surface area contributed by atoms with E-state index in [9.17, 15) is 9.59 Å². The summed E-state index contributed by atoms with van der Waals surface area (Å²) in [5.41, 5.74) is 6.74. The first-order chi connectivity index (χ1) is 15.4. The van der Waals surface area contributed by atoms with Gasteiger partial charge in [-0.05, 0) is 56.5 Å². The molecule has 1 aliphatic heterocycles. The minimum Gasteiger partial charge on any atom is -0.450 e. The Labute approximate surface area is 188 Å². The molecule has 1 fully saturated rings. The molecule has 6 nitrogen and oxygen atoms in total. The van der Waals surface area contributed by atoms with Crippen LogP contribution in [-0.2, 0) is 4.74 Å². The van der Waals surface area contributed by atoms with Gasteiger partial charge >= 0.3 is 6.09 Å². The lowest BCUT2D eigenvalue weighted by Gasteiger charge is -2.34. The highest BCUT2D eigenvalue weighted by molar-refractivity contribution is 6.07. The summed E-state index contributed by atoms with van der Waals surface area (Å²) in [6, 6.07) is 14.1. The molecule has 0 unspecified atom stereocenters. The second-order valence-electron chi connectivity index (χ2n) is 8.30. The number of amides is 2. The van der Waals surface area contributed by atoms with E-state index in [1.54, 1.807) is 11.8 Å². The summed E-state index contributed by atoms with van der Waals surface area (Å²) in [6.07, 6.45) is -0.318. The largest absolute Gasteiger partial charge is 0.450 e. The van der Waals surface area contributed by atoms with E-state index in [2.05, 4.69) is 32.0 Å². The van der Waals surface area contributed by atoms with Crippen LogP contribution >= 0.6 is 0 Å². The summed E-state index contributed by atoms with van der Waals surface area (Å²) in [5.74, 6) is -0.0309. The van der Waals surface area contributed by atoms with Gasteiger partial charge in [0.25, 0.3) is 5.91 Å². The van der Waals surface area contributed by atoms with Gasteiger partial charge in [-0.1, -0.05) is 30.3 Å². The van der Waals surface area contributed by atoms with Crippen LogP contribution in [0.5, 0.6) is 0 Å². The standard InChI is InChI=1S/C26H29N3O3/c1-5-32-26(31)29-13-11-28(12-14-29)25(30)22-16-23(20-10-9-17(2)19(4)15-20)27-24-18(3)7-6-8-21(22)24/h6-10,15-16H,5,11-14H2,1-4H3. The van der Waals surface area contributed by atoms with Crippen LogP contribution in [0.1, 0.15) is 34.0 Å². The third-order valence-corrected chi connectivity index (χ3v) is 6.17. The second-order valence-corrected chi connectivity index (χ2v) is 8.30.